The Morgan fingerprint density at radius 3 is 2.17 bits per heavy atom. The molecule has 0 atom stereocenters. The van der Waals surface area contributed by atoms with Crippen LogP contribution < -0.4 is 10.4 Å². The summed E-state index contributed by atoms with van der Waals surface area (Å²) in [7, 11) is -0.643. The minimum absolute atomic E-state index is 0.250. The first-order chi connectivity index (χ1) is 10.7. The number of anilines is 1. The lowest BCUT2D eigenvalue weighted by Gasteiger charge is -2.32. The molecule has 0 N–H and O–H groups in total. The van der Waals surface area contributed by atoms with Crippen molar-refractivity contribution in [3.8, 4) is 0 Å². The largest absolute Gasteiger partial charge is 0.497 e. The highest BCUT2D eigenvalue weighted by Gasteiger charge is 2.52. The van der Waals surface area contributed by atoms with Crippen molar-refractivity contribution >= 4 is 18.3 Å². The summed E-state index contributed by atoms with van der Waals surface area (Å²) in [4.78, 5) is 2.26. The molecule has 0 aliphatic carbocycles. The Labute approximate surface area is 139 Å². The highest BCUT2D eigenvalue weighted by Crippen LogP contribution is 2.36. The third kappa shape index (κ3) is 3.13. The van der Waals surface area contributed by atoms with Gasteiger partial charge in [0.05, 0.1) is 11.2 Å². The Hall–Kier alpha value is -1.07. The van der Waals surface area contributed by atoms with Crippen LogP contribution in [0.2, 0.25) is 0 Å². The van der Waals surface area contributed by atoms with Gasteiger partial charge in [-0.15, -0.1) is 0 Å². The molecule has 0 amide bonds. The van der Waals surface area contributed by atoms with Crippen molar-refractivity contribution in [2.45, 2.75) is 58.7 Å². The van der Waals surface area contributed by atoms with Gasteiger partial charge in [-0.05, 0) is 58.6 Å². The molecule has 23 heavy (non-hydrogen) atoms. The van der Waals surface area contributed by atoms with Gasteiger partial charge >= 0.3 is 7.12 Å². The molecule has 0 saturated carbocycles. The summed E-state index contributed by atoms with van der Waals surface area (Å²) in [5.41, 5.74) is 0.532. The molecule has 5 heteroatoms. The van der Waals surface area contributed by atoms with Gasteiger partial charge in [0, 0.05) is 24.2 Å². The molecule has 2 heterocycles. The second-order valence-electron chi connectivity index (χ2n) is 7.96. The van der Waals surface area contributed by atoms with Crippen LogP contribution in [0.3, 0.4) is 0 Å². The number of nitrogens with zero attached hydrogens (tertiary/aromatic N) is 1. The van der Waals surface area contributed by atoms with Gasteiger partial charge in [0.1, 0.15) is 5.82 Å². The fourth-order valence-corrected chi connectivity index (χ4v) is 3.14. The smallest absolute Gasteiger partial charge is 0.399 e. The van der Waals surface area contributed by atoms with Gasteiger partial charge in [0.25, 0.3) is 0 Å². The van der Waals surface area contributed by atoms with Crippen molar-refractivity contribution in [3.63, 3.8) is 0 Å². The molecule has 0 spiro atoms. The van der Waals surface area contributed by atoms with Crippen LogP contribution in [0.15, 0.2) is 18.2 Å². The third-order valence-corrected chi connectivity index (χ3v) is 5.64. The van der Waals surface area contributed by atoms with Crippen LogP contribution in [-0.2, 0) is 9.31 Å². The van der Waals surface area contributed by atoms with Gasteiger partial charge in [-0.3, -0.25) is 0 Å². The summed E-state index contributed by atoms with van der Waals surface area (Å²) in [6.45, 7) is 12.2. The van der Waals surface area contributed by atoms with Gasteiger partial charge in [-0.1, -0.05) is 13.0 Å². The second-order valence-corrected chi connectivity index (χ2v) is 7.96. The molecule has 0 unspecified atom stereocenters. The van der Waals surface area contributed by atoms with E-state index in [0.717, 1.165) is 24.7 Å². The summed E-state index contributed by atoms with van der Waals surface area (Å²) in [5, 5.41) is 0. The minimum Gasteiger partial charge on any atom is -0.399 e. The van der Waals surface area contributed by atoms with Crippen molar-refractivity contribution in [2.75, 3.05) is 18.0 Å². The fraction of sp³-hybridized carbons (Fsp3) is 0.667. The van der Waals surface area contributed by atoms with Crippen LogP contribution in [-0.4, -0.2) is 31.4 Å². The second kappa shape index (κ2) is 5.78. The molecule has 1 aromatic carbocycles. The van der Waals surface area contributed by atoms with Crippen molar-refractivity contribution in [1.29, 1.82) is 0 Å². The van der Waals surface area contributed by atoms with Crippen molar-refractivity contribution in [1.82, 2.24) is 0 Å². The molecule has 0 radical (unpaired) electrons. The van der Waals surface area contributed by atoms with Gasteiger partial charge < -0.3 is 14.2 Å². The van der Waals surface area contributed by atoms with E-state index < -0.39 is 18.3 Å². The standard InChI is InChI=1S/C18H27BFNO2/c1-13-8-10-21(11-9-13)14-6-7-15(16(20)12-14)19-22-17(2,3)18(4,5)23-19/h6-7,12-13H,8-11H2,1-5H3. The normalized spacial score (nSPS) is 24.3. The lowest BCUT2D eigenvalue weighted by molar-refractivity contribution is 0.00578. The van der Waals surface area contributed by atoms with E-state index in [2.05, 4.69) is 11.8 Å². The highest BCUT2D eigenvalue weighted by molar-refractivity contribution is 6.62. The third-order valence-electron chi connectivity index (χ3n) is 5.64. The Kier molecular flexibility index (Phi) is 4.22. The van der Waals surface area contributed by atoms with Crippen LogP contribution >= 0.6 is 0 Å². The SMILES string of the molecule is CC1CCN(c2ccc(B3OC(C)(C)C(C)(C)O3)c(F)c2)CC1. The summed E-state index contributed by atoms with van der Waals surface area (Å²) < 4.78 is 26.6. The van der Waals surface area contributed by atoms with Crippen LogP contribution in [0.4, 0.5) is 10.1 Å². The number of hydrogen-bond acceptors (Lipinski definition) is 3. The molecule has 3 rings (SSSR count). The van der Waals surface area contributed by atoms with E-state index in [9.17, 15) is 4.39 Å². The van der Waals surface area contributed by atoms with E-state index >= 15 is 0 Å². The maximum absolute atomic E-state index is 14.7. The van der Waals surface area contributed by atoms with Gasteiger partial charge in [-0.25, -0.2) is 4.39 Å². The summed E-state index contributed by atoms with van der Waals surface area (Å²) in [5.74, 6) is 0.514. The molecule has 2 fully saturated rings. The number of piperidine rings is 1. The monoisotopic (exact) mass is 319 g/mol. The molecule has 2 aliphatic rings. The fourth-order valence-electron chi connectivity index (χ4n) is 3.14. The molecular formula is C18H27BFNO2. The van der Waals surface area contributed by atoms with E-state index in [4.69, 9.17) is 9.31 Å². The van der Waals surface area contributed by atoms with E-state index in [1.54, 1.807) is 6.07 Å². The predicted octanol–water partition coefficient (Wildman–Crippen LogP) is 3.36. The lowest BCUT2D eigenvalue weighted by Crippen LogP contribution is -2.41. The van der Waals surface area contributed by atoms with Crippen molar-refractivity contribution in [2.24, 2.45) is 5.92 Å². The van der Waals surface area contributed by atoms with E-state index in [1.807, 2.05) is 39.8 Å². The quantitative estimate of drug-likeness (QED) is 0.780. The van der Waals surface area contributed by atoms with Crippen LogP contribution in [0, 0.1) is 11.7 Å². The first kappa shape index (κ1) is 16.8. The Bertz CT molecular complexity index is 566. The molecule has 126 valence electrons. The average molecular weight is 319 g/mol. The van der Waals surface area contributed by atoms with E-state index in [-0.39, 0.29) is 5.82 Å². The highest BCUT2D eigenvalue weighted by atomic mass is 19.1. The molecule has 0 bridgehead atoms. The Morgan fingerprint density at radius 1 is 1.09 bits per heavy atom. The molecular weight excluding hydrogens is 292 g/mol. The van der Waals surface area contributed by atoms with Crippen molar-refractivity contribution < 1.29 is 13.7 Å². The molecule has 1 aromatic rings. The topological polar surface area (TPSA) is 21.7 Å². The van der Waals surface area contributed by atoms with E-state index in [1.165, 1.54) is 12.8 Å². The maximum atomic E-state index is 14.7. The lowest BCUT2D eigenvalue weighted by atomic mass is 9.78. The Balaban J connectivity index is 1.78. The number of rotatable bonds is 2. The van der Waals surface area contributed by atoms with Gasteiger partial charge in [-0.2, -0.15) is 0 Å². The summed E-state index contributed by atoms with van der Waals surface area (Å²) in [6, 6.07) is 5.42. The summed E-state index contributed by atoms with van der Waals surface area (Å²) >= 11 is 0. The van der Waals surface area contributed by atoms with Crippen LogP contribution in [0.1, 0.15) is 47.5 Å². The number of benzene rings is 1. The average Bonchev–Trinajstić information content (AvgIpc) is 2.68. The Morgan fingerprint density at radius 2 is 1.65 bits per heavy atom. The predicted molar refractivity (Wildman–Crippen MR) is 92.7 cm³/mol. The molecule has 2 aliphatic heterocycles. The first-order valence-electron chi connectivity index (χ1n) is 8.60. The molecule has 3 nitrogen and oxygen atoms in total. The van der Waals surface area contributed by atoms with Gasteiger partial charge in [0.2, 0.25) is 0 Å². The van der Waals surface area contributed by atoms with E-state index in [0.29, 0.717) is 5.46 Å². The van der Waals surface area contributed by atoms with Gasteiger partial charge in [0.15, 0.2) is 0 Å². The zero-order chi connectivity index (χ0) is 16.8. The maximum Gasteiger partial charge on any atom is 0.497 e. The van der Waals surface area contributed by atoms with Crippen LogP contribution in [0.25, 0.3) is 0 Å². The minimum atomic E-state index is -0.643. The van der Waals surface area contributed by atoms with Crippen molar-refractivity contribution in [3.05, 3.63) is 24.0 Å². The van der Waals surface area contributed by atoms with Crippen LogP contribution in [0.5, 0.6) is 0 Å². The summed E-state index contributed by atoms with van der Waals surface area (Å²) in [6.07, 6.45) is 2.33. The molecule has 2 saturated heterocycles. The number of hydrogen-bond donors (Lipinski definition) is 0. The zero-order valence-electron chi connectivity index (χ0n) is 14.9. The molecule has 0 aromatic heterocycles. The number of halogens is 1. The zero-order valence-corrected chi connectivity index (χ0v) is 14.9. The first-order valence-corrected chi connectivity index (χ1v) is 8.60.